The number of amides is 1. The van der Waals surface area contributed by atoms with Crippen molar-refractivity contribution in [3.05, 3.63) is 63.8 Å². The standard InChI is InChI=1S/C20H19Cl2N3O2/c1-13-16(15-5-2-3-6-18(15)24-13)12-23-25-20(26)7-4-10-27-19-9-8-14(21)11-17(19)22/h2-3,5-6,8-9,11-12,24H,4,7,10H2,1H3,(H,25,26)/b23-12-. The Kier molecular flexibility index (Phi) is 6.37. The first-order valence-corrected chi connectivity index (χ1v) is 9.27. The predicted molar refractivity (Wildman–Crippen MR) is 110 cm³/mol. The fraction of sp³-hybridized carbons (Fsp3) is 0.200. The summed E-state index contributed by atoms with van der Waals surface area (Å²) in [6, 6.07) is 13.0. The Morgan fingerprint density at radius 3 is 2.89 bits per heavy atom. The average Bonchev–Trinajstić information content (AvgIpc) is 2.96. The maximum atomic E-state index is 11.9. The minimum absolute atomic E-state index is 0.172. The first kappa shape index (κ1) is 19.3. The molecule has 0 aliphatic heterocycles. The van der Waals surface area contributed by atoms with E-state index in [4.69, 9.17) is 27.9 Å². The number of para-hydroxylation sites is 1. The van der Waals surface area contributed by atoms with Gasteiger partial charge >= 0.3 is 0 Å². The molecule has 0 saturated carbocycles. The largest absolute Gasteiger partial charge is 0.492 e. The lowest BCUT2D eigenvalue weighted by molar-refractivity contribution is -0.121. The van der Waals surface area contributed by atoms with Crippen molar-refractivity contribution in [2.75, 3.05) is 6.61 Å². The van der Waals surface area contributed by atoms with Crippen molar-refractivity contribution >= 4 is 46.2 Å². The van der Waals surface area contributed by atoms with E-state index in [1.165, 1.54) is 0 Å². The number of fused-ring (bicyclic) bond motifs is 1. The van der Waals surface area contributed by atoms with Crippen molar-refractivity contribution < 1.29 is 9.53 Å². The molecule has 7 heteroatoms. The Bertz CT molecular complexity index is 983. The van der Waals surface area contributed by atoms with Crippen molar-refractivity contribution in [2.24, 2.45) is 5.10 Å². The van der Waals surface area contributed by atoms with Gasteiger partial charge in [0.05, 0.1) is 17.8 Å². The Hall–Kier alpha value is -2.50. The lowest BCUT2D eigenvalue weighted by atomic mass is 10.1. The molecule has 0 atom stereocenters. The number of rotatable bonds is 7. The molecule has 0 fully saturated rings. The van der Waals surface area contributed by atoms with Gasteiger partial charge in [-0.3, -0.25) is 4.79 Å². The SMILES string of the molecule is Cc1[nH]c2ccccc2c1/C=N\NC(=O)CCCOc1ccc(Cl)cc1Cl. The second kappa shape index (κ2) is 8.93. The maximum Gasteiger partial charge on any atom is 0.240 e. The number of carbonyl (C=O) groups is 1. The van der Waals surface area contributed by atoms with E-state index in [0.717, 1.165) is 22.2 Å². The normalized spacial score (nSPS) is 11.2. The van der Waals surface area contributed by atoms with Crippen LogP contribution in [-0.4, -0.2) is 23.7 Å². The van der Waals surface area contributed by atoms with E-state index in [0.29, 0.717) is 35.2 Å². The highest BCUT2D eigenvalue weighted by Gasteiger charge is 2.06. The van der Waals surface area contributed by atoms with Crippen molar-refractivity contribution in [1.82, 2.24) is 10.4 Å². The minimum atomic E-state index is -0.172. The summed E-state index contributed by atoms with van der Waals surface area (Å²) in [6.45, 7) is 2.35. The van der Waals surface area contributed by atoms with E-state index >= 15 is 0 Å². The number of hydrogen-bond acceptors (Lipinski definition) is 3. The van der Waals surface area contributed by atoms with Gasteiger partial charge in [0.2, 0.25) is 5.91 Å². The fourth-order valence-electron chi connectivity index (χ4n) is 2.70. The van der Waals surface area contributed by atoms with Crippen LogP contribution in [0.3, 0.4) is 0 Å². The second-order valence-electron chi connectivity index (χ2n) is 6.03. The fourth-order valence-corrected chi connectivity index (χ4v) is 3.16. The maximum absolute atomic E-state index is 11.9. The summed E-state index contributed by atoms with van der Waals surface area (Å²) >= 11 is 11.9. The molecule has 3 rings (SSSR count). The van der Waals surface area contributed by atoms with Gasteiger partial charge in [0.25, 0.3) is 0 Å². The summed E-state index contributed by atoms with van der Waals surface area (Å²) < 4.78 is 5.56. The number of hydrazone groups is 1. The molecule has 2 N–H and O–H groups in total. The predicted octanol–water partition coefficient (Wildman–Crippen LogP) is 5.09. The van der Waals surface area contributed by atoms with E-state index in [-0.39, 0.29) is 5.91 Å². The van der Waals surface area contributed by atoms with Gasteiger partial charge in [-0.25, -0.2) is 5.43 Å². The molecule has 1 heterocycles. The monoisotopic (exact) mass is 403 g/mol. The van der Waals surface area contributed by atoms with Crippen LogP contribution in [0, 0.1) is 6.92 Å². The number of aromatic nitrogens is 1. The van der Waals surface area contributed by atoms with Crippen molar-refractivity contribution in [1.29, 1.82) is 0 Å². The average molecular weight is 404 g/mol. The third-order valence-corrected chi connectivity index (χ3v) is 4.56. The molecule has 1 aromatic heterocycles. The van der Waals surface area contributed by atoms with E-state index < -0.39 is 0 Å². The number of ether oxygens (including phenoxy) is 1. The van der Waals surface area contributed by atoms with E-state index in [1.54, 1.807) is 24.4 Å². The molecule has 0 aliphatic carbocycles. The summed E-state index contributed by atoms with van der Waals surface area (Å²) in [5, 5.41) is 6.14. The van der Waals surface area contributed by atoms with Crippen LogP contribution < -0.4 is 10.2 Å². The highest BCUT2D eigenvalue weighted by Crippen LogP contribution is 2.27. The zero-order valence-corrected chi connectivity index (χ0v) is 16.3. The molecule has 27 heavy (non-hydrogen) atoms. The molecule has 3 aromatic rings. The quantitative estimate of drug-likeness (QED) is 0.327. The number of hydrogen-bond donors (Lipinski definition) is 2. The van der Waals surface area contributed by atoms with Crippen LogP contribution in [-0.2, 0) is 4.79 Å². The summed E-state index contributed by atoms with van der Waals surface area (Å²) in [5.41, 5.74) is 5.56. The number of benzene rings is 2. The van der Waals surface area contributed by atoms with Gasteiger partial charge in [0.1, 0.15) is 5.75 Å². The Morgan fingerprint density at radius 1 is 1.26 bits per heavy atom. The highest BCUT2D eigenvalue weighted by atomic mass is 35.5. The molecule has 0 saturated heterocycles. The molecule has 1 amide bonds. The summed E-state index contributed by atoms with van der Waals surface area (Å²) in [6.07, 6.45) is 2.51. The molecule has 0 unspecified atom stereocenters. The minimum Gasteiger partial charge on any atom is -0.492 e. The van der Waals surface area contributed by atoms with Crippen molar-refractivity contribution in [3.63, 3.8) is 0 Å². The van der Waals surface area contributed by atoms with Crippen LogP contribution in [0.25, 0.3) is 10.9 Å². The zero-order chi connectivity index (χ0) is 19.2. The number of nitrogens with one attached hydrogen (secondary N) is 2. The lowest BCUT2D eigenvalue weighted by Gasteiger charge is -2.07. The Labute approximate surface area is 167 Å². The van der Waals surface area contributed by atoms with Gasteiger partial charge < -0.3 is 9.72 Å². The molecule has 0 aliphatic rings. The number of aromatic amines is 1. The van der Waals surface area contributed by atoms with Gasteiger partial charge in [-0.2, -0.15) is 5.10 Å². The molecule has 5 nitrogen and oxygen atoms in total. The van der Waals surface area contributed by atoms with Gasteiger partial charge in [-0.1, -0.05) is 41.4 Å². The topological polar surface area (TPSA) is 66.5 Å². The Morgan fingerprint density at radius 2 is 2.07 bits per heavy atom. The third-order valence-electron chi connectivity index (χ3n) is 4.03. The first-order valence-electron chi connectivity index (χ1n) is 8.51. The van der Waals surface area contributed by atoms with Crippen LogP contribution in [0.1, 0.15) is 24.1 Å². The van der Waals surface area contributed by atoms with E-state index in [2.05, 4.69) is 15.5 Å². The number of nitrogens with zero attached hydrogens (tertiary/aromatic N) is 1. The summed E-state index contributed by atoms with van der Waals surface area (Å²) in [7, 11) is 0. The molecule has 0 radical (unpaired) electrons. The molecule has 140 valence electrons. The van der Waals surface area contributed by atoms with Crippen LogP contribution in [0.15, 0.2) is 47.6 Å². The smallest absolute Gasteiger partial charge is 0.240 e. The van der Waals surface area contributed by atoms with Crippen molar-refractivity contribution in [2.45, 2.75) is 19.8 Å². The Balaban J connectivity index is 1.45. The van der Waals surface area contributed by atoms with Gasteiger partial charge in [-0.05, 0) is 37.6 Å². The van der Waals surface area contributed by atoms with Gasteiger partial charge in [0, 0.05) is 33.6 Å². The molecular formula is C20H19Cl2N3O2. The number of carbonyl (C=O) groups excluding carboxylic acids is 1. The van der Waals surface area contributed by atoms with E-state index in [9.17, 15) is 4.79 Å². The van der Waals surface area contributed by atoms with E-state index in [1.807, 2.05) is 31.2 Å². The van der Waals surface area contributed by atoms with Crippen molar-refractivity contribution in [3.8, 4) is 5.75 Å². The third kappa shape index (κ3) is 5.02. The molecular weight excluding hydrogens is 385 g/mol. The van der Waals surface area contributed by atoms with Gasteiger partial charge in [0.15, 0.2) is 0 Å². The summed E-state index contributed by atoms with van der Waals surface area (Å²) in [5.74, 6) is 0.379. The van der Waals surface area contributed by atoms with Crippen LogP contribution in [0.5, 0.6) is 5.75 Å². The second-order valence-corrected chi connectivity index (χ2v) is 6.87. The highest BCUT2D eigenvalue weighted by molar-refractivity contribution is 6.35. The molecule has 0 bridgehead atoms. The summed E-state index contributed by atoms with van der Waals surface area (Å²) in [4.78, 5) is 15.2. The number of aryl methyl sites for hydroxylation is 1. The van der Waals surface area contributed by atoms with Gasteiger partial charge in [-0.15, -0.1) is 0 Å². The lowest BCUT2D eigenvalue weighted by Crippen LogP contribution is -2.18. The van der Waals surface area contributed by atoms with Crippen LogP contribution in [0.2, 0.25) is 10.0 Å². The van der Waals surface area contributed by atoms with Crippen LogP contribution in [0.4, 0.5) is 0 Å². The first-order chi connectivity index (χ1) is 13.0. The number of H-pyrrole nitrogens is 1. The number of halogens is 2. The molecule has 2 aromatic carbocycles. The van der Waals surface area contributed by atoms with Crippen LogP contribution >= 0.6 is 23.2 Å². The zero-order valence-electron chi connectivity index (χ0n) is 14.8. The molecule has 0 spiro atoms.